The maximum Gasteiger partial charge on any atom is 0.348 e. The Morgan fingerprint density at radius 3 is 2.38 bits per heavy atom. The summed E-state index contributed by atoms with van der Waals surface area (Å²) < 4.78 is 11.8. The van der Waals surface area contributed by atoms with E-state index in [2.05, 4.69) is 5.32 Å². The minimum absolute atomic E-state index is 0.405. The van der Waals surface area contributed by atoms with Gasteiger partial charge in [0.25, 0.3) is 0 Å². The zero-order valence-electron chi connectivity index (χ0n) is 15.5. The minimum atomic E-state index is -0.440. The second kappa shape index (κ2) is 6.83. The second-order valence-electron chi connectivity index (χ2n) is 6.84. The molecule has 142 valence electrons. The van der Waals surface area contributed by atoms with Crippen LogP contribution in [-0.4, -0.2) is 0 Å². The SMILES string of the molecule is Cc1ccccc1Nc1oc2c(c1-c1ccc(Cl)cc1)c(=O)oc1ccccc12. The molecule has 0 amide bonds. The quantitative estimate of drug-likeness (QED) is 0.333. The summed E-state index contributed by atoms with van der Waals surface area (Å²) in [5.41, 5.74) is 3.97. The van der Waals surface area contributed by atoms with E-state index in [1.165, 1.54) is 0 Å². The first kappa shape index (κ1) is 17.6. The summed E-state index contributed by atoms with van der Waals surface area (Å²) in [6.45, 7) is 2.01. The summed E-state index contributed by atoms with van der Waals surface area (Å²) in [4.78, 5) is 12.9. The number of benzene rings is 3. The molecule has 0 saturated carbocycles. The molecule has 0 fully saturated rings. The van der Waals surface area contributed by atoms with Crippen LogP contribution >= 0.6 is 11.6 Å². The van der Waals surface area contributed by atoms with Crippen molar-refractivity contribution in [1.82, 2.24) is 0 Å². The van der Waals surface area contributed by atoms with Crippen molar-refractivity contribution in [3.8, 4) is 11.1 Å². The van der Waals surface area contributed by atoms with Gasteiger partial charge in [-0.3, -0.25) is 0 Å². The van der Waals surface area contributed by atoms with Crippen LogP contribution in [0.5, 0.6) is 0 Å². The highest BCUT2D eigenvalue weighted by Gasteiger charge is 2.22. The van der Waals surface area contributed by atoms with Crippen LogP contribution in [0.2, 0.25) is 5.02 Å². The normalized spacial score (nSPS) is 11.2. The van der Waals surface area contributed by atoms with Gasteiger partial charge in [-0.1, -0.05) is 54.1 Å². The van der Waals surface area contributed by atoms with E-state index in [1.54, 1.807) is 18.2 Å². The van der Waals surface area contributed by atoms with Crippen LogP contribution in [0.25, 0.3) is 33.1 Å². The van der Waals surface area contributed by atoms with E-state index >= 15 is 0 Å². The molecule has 0 bridgehead atoms. The molecule has 0 spiro atoms. The molecule has 0 saturated heterocycles. The van der Waals surface area contributed by atoms with E-state index in [9.17, 15) is 4.79 Å². The first-order valence-corrected chi connectivity index (χ1v) is 9.56. The minimum Gasteiger partial charge on any atom is -0.439 e. The number of nitrogens with one attached hydrogen (secondary N) is 1. The Morgan fingerprint density at radius 2 is 1.59 bits per heavy atom. The lowest BCUT2D eigenvalue weighted by Crippen LogP contribution is -2.00. The van der Waals surface area contributed by atoms with Crippen LogP contribution in [0, 0.1) is 6.92 Å². The van der Waals surface area contributed by atoms with Crippen molar-refractivity contribution < 1.29 is 8.83 Å². The van der Waals surface area contributed by atoms with E-state index in [0.29, 0.717) is 33.0 Å². The van der Waals surface area contributed by atoms with Gasteiger partial charge in [0.2, 0.25) is 5.88 Å². The number of aryl methyl sites for hydroxylation is 1. The summed E-state index contributed by atoms with van der Waals surface area (Å²) in [6, 6.07) is 22.6. The van der Waals surface area contributed by atoms with Crippen molar-refractivity contribution in [2.24, 2.45) is 0 Å². The van der Waals surface area contributed by atoms with Crippen LogP contribution < -0.4 is 10.9 Å². The van der Waals surface area contributed by atoms with Crippen molar-refractivity contribution in [2.75, 3.05) is 5.32 Å². The van der Waals surface area contributed by atoms with Crippen LogP contribution in [0.4, 0.5) is 11.6 Å². The van der Waals surface area contributed by atoms with E-state index in [4.69, 9.17) is 20.4 Å². The third-order valence-electron chi connectivity index (χ3n) is 4.97. The van der Waals surface area contributed by atoms with Crippen molar-refractivity contribution in [3.05, 3.63) is 93.8 Å². The van der Waals surface area contributed by atoms with Crippen LogP contribution in [-0.2, 0) is 0 Å². The molecule has 4 nitrogen and oxygen atoms in total. The van der Waals surface area contributed by atoms with Crippen LogP contribution in [0.1, 0.15) is 5.56 Å². The molecule has 0 aliphatic carbocycles. The molecule has 0 atom stereocenters. The second-order valence-corrected chi connectivity index (χ2v) is 7.28. The molecule has 5 rings (SSSR count). The Hall–Kier alpha value is -3.50. The maximum atomic E-state index is 12.9. The first-order valence-electron chi connectivity index (χ1n) is 9.19. The predicted octanol–water partition coefficient (Wildman–Crippen LogP) is 6.91. The standard InChI is InChI=1S/C24H16ClNO3/c1-14-6-2-4-8-18(14)26-23-20(15-10-12-16(25)13-11-15)21-22(29-23)17-7-3-5-9-19(17)28-24(21)27/h2-13,26H,1H3. The Bertz CT molecular complexity index is 1410. The van der Waals surface area contributed by atoms with Crippen LogP contribution in [0.15, 0.2) is 86.4 Å². The summed E-state index contributed by atoms with van der Waals surface area (Å²) in [5, 5.41) is 5.12. The lowest BCUT2D eigenvalue weighted by Gasteiger charge is -2.09. The van der Waals surface area contributed by atoms with Gasteiger partial charge in [-0.05, 0) is 48.4 Å². The van der Waals surface area contributed by atoms with Crippen molar-refractivity contribution in [2.45, 2.75) is 6.92 Å². The van der Waals surface area contributed by atoms with Crippen LogP contribution in [0.3, 0.4) is 0 Å². The van der Waals surface area contributed by atoms with Gasteiger partial charge in [-0.25, -0.2) is 4.79 Å². The average molecular weight is 402 g/mol. The Labute approximate surface area is 171 Å². The molecule has 0 unspecified atom stereocenters. The topological polar surface area (TPSA) is 55.4 Å². The van der Waals surface area contributed by atoms with Gasteiger partial charge >= 0.3 is 5.63 Å². The lowest BCUT2D eigenvalue weighted by molar-refractivity contribution is 0.566. The van der Waals surface area contributed by atoms with Gasteiger partial charge in [-0.15, -0.1) is 0 Å². The predicted molar refractivity (Wildman–Crippen MR) is 117 cm³/mol. The average Bonchev–Trinajstić information content (AvgIpc) is 3.10. The summed E-state index contributed by atoms with van der Waals surface area (Å²) in [7, 11) is 0. The maximum absolute atomic E-state index is 12.9. The Morgan fingerprint density at radius 1 is 0.862 bits per heavy atom. The number of para-hydroxylation sites is 2. The molecule has 0 aliphatic heterocycles. The molecule has 0 aliphatic rings. The highest BCUT2D eigenvalue weighted by Crippen LogP contribution is 2.41. The van der Waals surface area contributed by atoms with Gasteiger partial charge in [0, 0.05) is 10.7 Å². The van der Waals surface area contributed by atoms with Gasteiger partial charge in [0.05, 0.1) is 10.9 Å². The number of anilines is 2. The van der Waals surface area contributed by atoms with Gasteiger partial charge in [0.1, 0.15) is 11.0 Å². The zero-order chi connectivity index (χ0) is 20.0. The molecule has 3 aromatic carbocycles. The molecular weight excluding hydrogens is 386 g/mol. The smallest absolute Gasteiger partial charge is 0.348 e. The Balaban J connectivity index is 1.85. The number of fused-ring (bicyclic) bond motifs is 3. The Kier molecular flexibility index (Phi) is 4.14. The molecule has 2 aromatic heterocycles. The number of rotatable bonds is 3. The van der Waals surface area contributed by atoms with Crippen molar-refractivity contribution in [3.63, 3.8) is 0 Å². The fourth-order valence-corrected chi connectivity index (χ4v) is 3.65. The molecule has 2 heterocycles. The third kappa shape index (κ3) is 2.98. The highest BCUT2D eigenvalue weighted by atomic mass is 35.5. The molecule has 29 heavy (non-hydrogen) atoms. The molecule has 1 N–H and O–H groups in total. The summed E-state index contributed by atoms with van der Waals surface area (Å²) >= 11 is 6.07. The van der Waals surface area contributed by atoms with Gasteiger partial charge in [-0.2, -0.15) is 0 Å². The van der Waals surface area contributed by atoms with Crippen molar-refractivity contribution >= 4 is 45.1 Å². The fraction of sp³-hybridized carbons (Fsp3) is 0.0417. The fourth-order valence-electron chi connectivity index (χ4n) is 3.53. The van der Waals surface area contributed by atoms with E-state index in [0.717, 1.165) is 22.2 Å². The third-order valence-corrected chi connectivity index (χ3v) is 5.22. The van der Waals surface area contributed by atoms with Gasteiger partial charge in [0.15, 0.2) is 5.58 Å². The van der Waals surface area contributed by atoms with Crippen molar-refractivity contribution in [1.29, 1.82) is 0 Å². The lowest BCUT2D eigenvalue weighted by atomic mass is 10.0. The summed E-state index contributed by atoms with van der Waals surface area (Å²) in [6.07, 6.45) is 0. The molecule has 5 aromatic rings. The molecule has 5 heteroatoms. The zero-order valence-corrected chi connectivity index (χ0v) is 16.3. The largest absolute Gasteiger partial charge is 0.439 e. The number of halogens is 1. The molecule has 0 radical (unpaired) electrons. The molecular formula is C24H16ClNO3. The first-order chi connectivity index (χ1) is 14.1. The summed E-state index contributed by atoms with van der Waals surface area (Å²) in [5.74, 6) is 0.486. The monoisotopic (exact) mass is 401 g/mol. The van der Waals surface area contributed by atoms with E-state index in [1.807, 2.05) is 61.5 Å². The van der Waals surface area contributed by atoms with E-state index < -0.39 is 5.63 Å². The number of hydrogen-bond donors (Lipinski definition) is 1. The van der Waals surface area contributed by atoms with E-state index in [-0.39, 0.29) is 0 Å². The van der Waals surface area contributed by atoms with Gasteiger partial charge < -0.3 is 14.2 Å². The number of hydrogen-bond acceptors (Lipinski definition) is 4. The highest BCUT2D eigenvalue weighted by molar-refractivity contribution is 6.30. The number of furan rings is 1.